The Labute approximate surface area is 118 Å². The summed E-state index contributed by atoms with van der Waals surface area (Å²) >= 11 is 0. The van der Waals surface area contributed by atoms with Crippen LogP contribution in [0, 0.1) is 0 Å². The zero-order valence-electron chi connectivity index (χ0n) is 20.2. The minimum absolute atomic E-state index is 0.0118. The lowest BCUT2D eigenvalue weighted by molar-refractivity contribution is -0.698. The average Bonchev–Trinajstić information content (AvgIpc) is 2.67. The highest BCUT2D eigenvalue weighted by atomic mass is 15.0. The Bertz CT molecular complexity index is 787. The number of aromatic nitrogens is 2. The summed E-state index contributed by atoms with van der Waals surface area (Å²) < 4.78 is 87.1. The number of nitrogens with zero attached hydrogens (tertiary/aromatic N) is 2. The van der Waals surface area contributed by atoms with Crippen molar-refractivity contribution in [2.45, 2.75) is 13.1 Å². The van der Waals surface area contributed by atoms with Crippen LogP contribution in [0.25, 0.3) is 0 Å². The van der Waals surface area contributed by atoms with Gasteiger partial charge in [-0.15, -0.1) is 0 Å². The molecule has 0 unspecified atom stereocenters. The summed E-state index contributed by atoms with van der Waals surface area (Å²) in [6, 6.07) is -2.85. The third-order valence-corrected chi connectivity index (χ3v) is 1.98. The van der Waals surface area contributed by atoms with Crippen LogP contribution in [-0.4, -0.2) is 13.1 Å². The maximum absolute atomic E-state index is 7.95. The van der Waals surface area contributed by atoms with E-state index in [1.165, 1.54) is 0 Å². The maximum Gasteiger partial charge on any atom is 0.168 e. The SMILES string of the molecule is [2H]c1c([2H])c([2H])[n+](CCN([2H])CC[n+]2c([2H])c([2H])c([2H])c([2H])c2[2H])c([2H])c1[2H]. The molecule has 17 heavy (non-hydrogen) atoms. The minimum Gasteiger partial charge on any atom is -0.305 e. The summed E-state index contributed by atoms with van der Waals surface area (Å²) in [6.07, 6.45) is -1.56. The first-order chi connectivity index (χ1) is 13.0. The lowest BCUT2D eigenvalue weighted by Gasteiger charge is -2.00. The monoisotopic (exact) mass is 240 g/mol. The van der Waals surface area contributed by atoms with Crippen LogP contribution < -0.4 is 14.4 Å². The van der Waals surface area contributed by atoms with Gasteiger partial charge in [-0.1, -0.05) is 12.1 Å². The van der Waals surface area contributed by atoms with E-state index in [0.717, 1.165) is 14.4 Å². The van der Waals surface area contributed by atoms with Crippen molar-refractivity contribution in [3.05, 3.63) is 60.9 Å². The highest BCUT2D eigenvalue weighted by Gasteiger charge is 1.99. The van der Waals surface area contributed by atoms with Gasteiger partial charge in [-0.2, -0.15) is 0 Å². The number of hydrogen-bond donors (Lipinski definition) is 1. The highest BCUT2D eigenvalue weighted by molar-refractivity contribution is 4.84. The minimum atomic E-state index is -0.494. The van der Waals surface area contributed by atoms with E-state index < -0.39 is 36.3 Å². The molecule has 88 valence electrons. The first kappa shape index (κ1) is 4.18. The largest absolute Gasteiger partial charge is 0.305 e. The first-order valence-corrected chi connectivity index (χ1v) is 5.16. The molecule has 0 bridgehead atoms. The van der Waals surface area contributed by atoms with Gasteiger partial charge in [0.05, 0.1) is 21.3 Å². The van der Waals surface area contributed by atoms with Gasteiger partial charge in [0.2, 0.25) is 0 Å². The summed E-state index contributed by atoms with van der Waals surface area (Å²) in [7, 11) is 0. The molecule has 3 heteroatoms. The molecule has 0 aliphatic heterocycles. The first-order valence-electron chi connectivity index (χ1n) is 10.6. The summed E-state index contributed by atoms with van der Waals surface area (Å²) in [5, 5.41) is 1.04. The second kappa shape index (κ2) is 6.76. The van der Waals surface area contributed by atoms with Gasteiger partial charge < -0.3 is 5.31 Å². The van der Waals surface area contributed by atoms with Crippen molar-refractivity contribution in [1.82, 2.24) is 5.31 Å². The molecule has 2 aromatic rings. The van der Waals surface area contributed by atoms with E-state index >= 15 is 0 Å². The van der Waals surface area contributed by atoms with Crippen molar-refractivity contribution < 1.29 is 24.3 Å². The quantitative estimate of drug-likeness (QED) is 0.731. The molecular formula is C14H19N3+2. The predicted octanol–water partition coefficient (Wildman–Crippen LogP) is 0.551. The lowest BCUT2D eigenvalue weighted by Crippen LogP contribution is -2.42. The third kappa shape index (κ3) is 4.33. The van der Waals surface area contributed by atoms with Crippen molar-refractivity contribution >= 4 is 0 Å². The van der Waals surface area contributed by atoms with Gasteiger partial charge in [0.1, 0.15) is 6.89 Å². The molecule has 0 atom stereocenters. The Morgan fingerprint density at radius 1 is 0.765 bits per heavy atom. The van der Waals surface area contributed by atoms with Crippen LogP contribution in [0.5, 0.6) is 0 Å². The zero-order valence-corrected chi connectivity index (χ0v) is 9.17. The van der Waals surface area contributed by atoms with Gasteiger partial charge in [-0.3, -0.25) is 0 Å². The van der Waals surface area contributed by atoms with E-state index in [1.54, 1.807) is 0 Å². The topological polar surface area (TPSA) is 19.8 Å². The normalized spacial score (nSPS) is 19.7. The third-order valence-electron chi connectivity index (χ3n) is 1.98. The van der Waals surface area contributed by atoms with Gasteiger partial charge in [0, 0.05) is 24.2 Å². The lowest BCUT2D eigenvalue weighted by atomic mass is 10.4. The maximum atomic E-state index is 7.95. The zero-order chi connectivity index (χ0) is 21.3. The molecule has 2 rings (SSSR count). The standard InChI is InChI=1S/C14H19N3/c1-3-9-16(10-4-1)13-7-15-8-14-17-11-5-2-6-12-17/h1-6,9-12,15H,7-8,13-14H2/q+2/i1D,2D,3D,4D,5D,6D,9D,10D,11D,12D/hD. The van der Waals surface area contributed by atoms with Crippen LogP contribution in [0.1, 0.15) is 13.7 Å². The van der Waals surface area contributed by atoms with Gasteiger partial charge in [0.25, 0.3) is 0 Å². The molecule has 2 heterocycles. The molecule has 0 saturated carbocycles. The molecule has 0 fully saturated rings. The summed E-state index contributed by atoms with van der Waals surface area (Å²) in [4.78, 5) is 0. The van der Waals surface area contributed by atoms with Crippen LogP contribution in [0.2, 0.25) is 1.41 Å². The molecular weight excluding hydrogens is 210 g/mol. The number of pyridine rings is 2. The van der Waals surface area contributed by atoms with Gasteiger partial charge in [-0.25, -0.2) is 9.13 Å². The van der Waals surface area contributed by atoms with Crippen LogP contribution in [0.15, 0.2) is 60.9 Å². The molecule has 0 aromatic carbocycles. The summed E-state index contributed by atoms with van der Waals surface area (Å²) in [6.45, 7) is -0.0511. The fourth-order valence-electron chi connectivity index (χ4n) is 1.18. The van der Waals surface area contributed by atoms with E-state index in [2.05, 4.69) is 0 Å². The Morgan fingerprint density at radius 2 is 1.18 bits per heavy atom. The second-order valence-corrected chi connectivity index (χ2v) is 3.17. The predicted molar refractivity (Wildman–Crippen MR) is 66.1 cm³/mol. The molecule has 2 aromatic heterocycles. The van der Waals surface area contributed by atoms with Crippen LogP contribution in [0.4, 0.5) is 0 Å². The van der Waals surface area contributed by atoms with Crippen molar-refractivity contribution in [3.8, 4) is 0 Å². The fraction of sp³-hybridized carbons (Fsp3) is 0.286. The Morgan fingerprint density at radius 3 is 1.59 bits per heavy atom. The van der Waals surface area contributed by atoms with Gasteiger partial charge >= 0.3 is 0 Å². The van der Waals surface area contributed by atoms with E-state index in [9.17, 15) is 0 Å². The fourth-order valence-corrected chi connectivity index (χ4v) is 1.18. The smallest absolute Gasteiger partial charge is 0.168 e. The number of hydrogen-bond acceptors (Lipinski definition) is 1. The Kier molecular flexibility index (Phi) is 1.66. The molecule has 0 aliphatic carbocycles. The van der Waals surface area contributed by atoms with Gasteiger partial charge in [0.15, 0.2) is 37.8 Å². The Balaban J connectivity index is 2.11. The summed E-state index contributed by atoms with van der Waals surface area (Å²) in [5.41, 5.74) is 0. The van der Waals surface area contributed by atoms with E-state index in [1.807, 2.05) is 0 Å². The Hall–Kier alpha value is -1.74. The second-order valence-electron chi connectivity index (χ2n) is 3.17. The molecule has 0 radical (unpaired) electrons. The van der Waals surface area contributed by atoms with Crippen molar-refractivity contribution in [1.29, 1.82) is 0 Å². The van der Waals surface area contributed by atoms with Crippen LogP contribution >= 0.6 is 0 Å². The highest BCUT2D eigenvalue weighted by Crippen LogP contribution is 1.77. The van der Waals surface area contributed by atoms with Crippen molar-refractivity contribution in [2.24, 2.45) is 0 Å². The molecule has 0 aliphatic rings. The molecule has 1 N–H and O–H groups in total. The van der Waals surface area contributed by atoms with E-state index in [-0.39, 0.29) is 50.9 Å². The molecule has 0 saturated heterocycles. The van der Waals surface area contributed by atoms with Crippen LogP contribution in [-0.2, 0) is 13.1 Å². The molecule has 0 amide bonds. The van der Waals surface area contributed by atoms with Crippen molar-refractivity contribution in [2.75, 3.05) is 13.1 Å². The van der Waals surface area contributed by atoms with Crippen molar-refractivity contribution in [3.63, 3.8) is 0 Å². The summed E-state index contributed by atoms with van der Waals surface area (Å²) in [5.74, 6) is 0. The average molecular weight is 240 g/mol. The van der Waals surface area contributed by atoms with Crippen LogP contribution in [0.3, 0.4) is 0 Å². The molecule has 3 nitrogen and oxygen atoms in total. The van der Waals surface area contributed by atoms with Gasteiger partial charge in [-0.05, 0) is 0 Å². The van der Waals surface area contributed by atoms with E-state index in [4.69, 9.17) is 15.1 Å². The number of nitrogens with one attached hydrogen (secondary N) is 1. The number of rotatable bonds is 6. The molecule has 0 spiro atoms. The van der Waals surface area contributed by atoms with E-state index in [0.29, 0.717) is 0 Å².